The summed E-state index contributed by atoms with van der Waals surface area (Å²) >= 11 is 0. The Morgan fingerprint density at radius 1 is 1.46 bits per heavy atom. The molecular weight excluding hydrogens is 188 g/mol. The second-order valence-electron chi connectivity index (χ2n) is 3.30. The summed E-state index contributed by atoms with van der Waals surface area (Å²) in [6, 6.07) is 0.162. The van der Waals surface area contributed by atoms with E-state index in [2.05, 4.69) is 6.58 Å². The molecule has 13 heavy (non-hydrogen) atoms. The minimum absolute atomic E-state index is 0.0300. The van der Waals surface area contributed by atoms with Crippen LogP contribution in [0.2, 0.25) is 0 Å². The van der Waals surface area contributed by atoms with E-state index in [-0.39, 0.29) is 11.8 Å². The van der Waals surface area contributed by atoms with Gasteiger partial charge in [-0.2, -0.15) is 0 Å². The highest BCUT2D eigenvalue weighted by Crippen LogP contribution is 2.12. The summed E-state index contributed by atoms with van der Waals surface area (Å²) in [7, 11) is -3.10. The van der Waals surface area contributed by atoms with E-state index in [1.807, 2.05) is 0 Å². The van der Waals surface area contributed by atoms with Gasteiger partial charge in [-0.1, -0.05) is 6.08 Å². The zero-order valence-corrected chi connectivity index (χ0v) is 8.46. The van der Waals surface area contributed by atoms with Gasteiger partial charge in [0.1, 0.15) is 0 Å². The lowest BCUT2D eigenvalue weighted by atomic mass is 10.1. The Hall–Kier alpha value is -0.390. The highest BCUT2D eigenvalue weighted by atomic mass is 32.2. The monoisotopic (exact) mass is 204 g/mol. The van der Waals surface area contributed by atoms with Gasteiger partial charge in [-0.05, 0) is 12.8 Å². The highest BCUT2D eigenvalue weighted by Gasteiger charge is 2.25. The largest absolute Gasteiger partial charge is 0.328 e. The Balaban J connectivity index is 2.58. The number of sulfonamides is 1. The predicted molar refractivity (Wildman–Crippen MR) is 52.8 cm³/mol. The molecule has 0 aromatic carbocycles. The molecule has 2 N–H and O–H groups in total. The molecule has 5 heteroatoms. The van der Waals surface area contributed by atoms with Gasteiger partial charge in [0.05, 0.1) is 5.75 Å². The van der Waals surface area contributed by atoms with Gasteiger partial charge >= 0.3 is 0 Å². The second-order valence-corrected chi connectivity index (χ2v) is 5.32. The van der Waals surface area contributed by atoms with Crippen LogP contribution in [0.3, 0.4) is 0 Å². The van der Waals surface area contributed by atoms with Crippen molar-refractivity contribution in [3.8, 4) is 0 Å². The molecular formula is C8H16N2O2S. The Labute approximate surface area is 79.5 Å². The van der Waals surface area contributed by atoms with Crippen molar-refractivity contribution < 1.29 is 8.42 Å². The molecule has 1 fully saturated rings. The molecule has 0 saturated carbocycles. The van der Waals surface area contributed by atoms with Gasteiger partial charge in [-0.15, -0.1) is 6.58 Å². The van der Waals surface area contributed by atoms with Gasteiger partial charge in [-0.3, -0.25) is 0 Å². The number of nitrogens with zero attached hydrogens (tertiary/aromatic N) is 1. The van der Waals surface area contributed by atoms with Crippen LogP contribution >= 0.6 is 0 Å². The van der Waals surface area contributed by atoms with E-state index in [0.717, 1.165) is 12.8 Å². The van der Waals surface area contributed by atoms with Crippen molar-refractivity contribution in [2.75, 3.05) is 18.8 Å². The van der Waals surface area contributed by atoms with Gasteiger partial charge in [0.25, 0.3) is 0 Å². The number of hydrogen-bond donors (Lipinski definition) is 1. The van der Waals surface area contributed by atoms with E-state index < -0.39 is 10.0 Å². The lowest BCUT2D eigenvalue weighted by Gasteiger charge is -2.28. The zero-order chi connectivity index (χ0) is 9.90. The lowest BCUT2D eigenvalue weighted by Crippen LogP contribution is -2.43. The summed E-state index contributed by atoms with van der Waals surface area (Å²) in [6.45, 7) is 4.53. The van der Waals surface area contributed by atoms with E-state index in [0.29, 0.717) is 13.1 Å². The van der Waals surface area contributed by atoms with Gasteiger partial charge in [0.2, 0.25) is 10.0 Å². The number of nitrogens with two attached hydrogens (primary N) is 1. The summed E-state index contributed by atoms with van der Waals surface area (Å²) in [5.41, 5.74) is 5.67. The Morgan fingerprint density at radius 2 is 2.00 bits per heavy atom. The minimum atomic E-state index is -3.10. The lowest BCUT2D eigenvalue weighted by molar-refractivity contribution is 0.321. The summed E-state index contributed by atoms with van der Waals surface area (Å²) in [4.78, 5) is 0. The maximum absolute atomic E-state index is 11.5. The molecule has 1 rings (SSSR count). The van der Waals surface area contributed by atoms with Crippen LogP contribution in [0.15, 0.2) is 12.7 Å². The average Bonchev–Trinajstić information content (AvgIpc) is 2.05. The molecule has 0 spiro atoms. The molecule has 0 amide bonds. The van der Waals surface area contributed by atoms with Crippen molar-refractivity contribution in [1.82, 2.24) is 4.31 Å². The van der Waals surface area contributed by atoms with E-state index in [4.69, 9.17) is 5.73 Å². The normalized spacial score (nSPS) is 21.6. The van der Waals surface area contributed by atoms with Crippen molar-refractivity contribution in [2.24, 2.45) is 5.73 Å². The number of hydrogen-bond acceptors (Lipinski definition) is 3. The molecule has 1 aliphatic heterocycles. The van der Waals surface area contributed by atoms with Gasteiger partial charge < -0.3 is 5.73 Å². The number of rotatable bonds is 3. The molecule has 1 heterocycles. The third kappa shape index (κ3) is 2.79. The van der Waals surface area contributed by atoms with Gasteiger partial charge in [-0.25, -0.2) is 12.7 Å². The molecule has 1 saturated heterocycles. The first-order chi connectivity index (χ1) is 6.06. The summed E-state index contributed by atoms with van der Waals surface area (Å²) in [6.07, 6.45) is 2.94. The van der Waals surface area contributed by atoms with Crippen LogP contribution < -0.4 is 5.73 Å². The van der Waals surface area contributed by atoms with Crippen molar-refractivity contribution in [2.45, 2.75) is 18.9 Å². The second kappa shape index (κ2) is 4.21. The smallest absolute Gasteiger partial charge is 0.217 e. The van der Waals surface area contributed by atoms with Crippen LogP contribution in [0.5, 0.6) is 0 Å². The van der Waals surface area contributed by atoms with Crippen molar-refractivity contribution >= 4 is 10.0 Å². The third-order valence-corrected chi connectivity index (χ3v) is 4.03. The van der Waals surface area contributed by atoms with Gasteiger partial charge in [0.15, 0.2) is 0 Å². The summed E-state index contributed by atoms with van der Waals surface area (Å²) < 4.78 is 24.5. The topological polar surface area (TPSA) is 63.4 Å². The van der Waals surface area contributed by atoms with Crippen LogP contribution in [0.4, 0.5) is 0 Å². The van der Waals surface area contributed by atoms with Crippen molar-refractivity contribution in [3.63, 3.8) is 0 Å². The first kappa shape index (κ1) is 10.7. The number of piperidine rings is 1. The van der Waals surface area contributed by atoms with Crippen molar-refractivity contribution in [1.29, 1.82) is 0 Å². The molecule has 0 radical (unpaired) electrons. The maximum atomic E-state index is 11.5. The van der Waals surface area contributed by atoms with E-state index in [9.17, 15) is 8.42 Å². The summed E-state index contributed by atoms with van der Waals surface area (Å²) in [5.74, 6) is 0.0300. The fraction of sp³-hybridized carbons (Fsp3) is 0.750. The Morgan fingerprint density at radius 3 is 2.46 bits per heavy atom. The standard InChI is InChI=1S/C8H16N2O2S/c1-2-7-13(11,12)10-5-3-8(9)4-6-10/h2,8H,1,3-7,9H2. The summed E-state index contributed by atoms with van der Waals surface area (Å²) in [5, 5.41) is 0. The molecule has 0 atom stereocenters. The van der Waals surface area contributed by atoms with E-state index in [1.54, 1.807) is 0 Å². The van der Waals surface area contributed by atoms with Crippen LogP contribution in [0.25, 0.3) is 0 Å². The fourth-order valence-corrected chi connectivity index (χ4v) is 2.68. The van der Waals surface area contributed by atoms with Crippen LogP contribution in [-0.2, 0) is 10.0 Å². The highest BCUT2D eigenvalue weighted by molar-refractivity contribution is 7.89. The zero-order valence-electron chi connectivity index (χ0n) is 7.65. The van der Waals surface area contributed by atoms with Gasteiger partial charge in [0, 0.05) is 19.1 Å². The van der Waals surface area contributed by atoms with E-state index in [1.165, 1.54) is 10.4 Å². The SMILES string of the molecule is C=CCS(=O)(=O)N1CCC(N)CC1. The van der Waals surface area contributed by atoms with Crippen LogP contribution in [0, 0.1) is 0 Å². The maximum Gasteiger partial charge on any atom is 0.217 e. The molecule has 1 aliphatic rings. The first-order valence-electron chi connectivity index (χ1n) is 4.40. The third-order valence-electron chi connectivity index (χ3n) is 2.22. The Bertz CT molecular complexity index is 266. The molecule has 76 valence electrons. The molecule has 0 aliphatic carbocycles. The fourth-order valence-electron chi connectivity index (χ4n) is 1.41. The van der Waals surface area contributed by atoms with Crippen molar-refractivity contribution in [3.05, 3.63) is 12.7 Å². The van der Waals surface area contributed by atoms with Crippen LogP contribution in [-0.4, -0.2) is 37.6 Å². The minimum Gasteiger partial charge on any atom is -0.328 e. The molecule has 0 bridgehead atoms. The molecule has 0 unspecified atom stereocenters. The molecule has 0 aromatic rings. The van der Waals surface area contributed by atoms with Crippen LogP contribution in [0.1, 0.15) is 12.8 Å². The van der Waals surface area contributed by atoms with E-state index >= 15 is 0 Å². The molecule has 0 aromatic heterocycles. The Kier molecular flexibility index (Phi) is 3.47. The first-order valence-corrected chi connectivity index (χ1v) is 6.01. The quantitative estimate of drug-likeness (QED) is 0.654. The average molecular weight is 204 g/mol. The predicted octanol–water partition coefficient (Wildman–Crippen LogP) is -0.0747. The molecule has 4 nitrogen and oxygen atoms in total.